The van der Waals surface area contributed by atoms with Gasteiger partial charge in [-0.3, -0.25) is 14.7 Å². The molecule has 0 amide bonds. The van der Waals surface area contributed by atoms with E-state index in [1.54, 1.807) is 0 Å². The Morgan fingerprint density at radius 2 is 1.06 bits per heavy atom. The van der Waals surface area contributed by atoms with E-state index in [2.05, 4.69) is 101 Å². The smallest absolute Gasteiger partial charge is 0.0198 e. The highest BCUT2D eigenvalue weighted by molar-refractivity contribution is 4.80. The van der Waals surface area contributed by atoms with Gasteiger partial charge in [0.1, 0.15) is 0 Å². The van der Waals surface area contributed by atoms with Crippen LogP contribution in [0.1, 0.15) is 82.6 Å². The van der Waals surface area contributed by atoms with Gasteiger partial charge in [-0.05, 0) is 94.8 Å². The SMILES string of the molecule is C.CC(C)N1CCN(C)CC1.CC(C)N1CCN(C)CC1C.CC1CCN(C(C)C)[C@H](C)C1. The van der Waals surface area contributed by atoms with Gasteiger partial charge in [0.25, 0.3) is 0 Å². The molecule has 3 atom stereocenters. The molecule has 0 aromatic heterocycles. The van der Waals surface area contributed by atoms with Gasteiger partial charge < -0.3 is 9.80 Å². The third-order valence-corrected chi connectivity index (χ3v) is 7.67. The monoisotopic (exact) mass is 470 g/mol. The number of piperidine rings is 1. The maximum absolute atomic E-state index is 2.61. The lowest BCUT2D eigenvalue weighted by molar-refractivity contribution is 0.0741. The summed E-state index contributed by atoms with van der Waals surface area (Å²) in [7, 11) is 4.39. The highest BCUT2D eigenvalue weighted by Gasteiger charge is 2.24. The van der Waals surface area contributed by atoms with Crippen molar-refractivity contribution in [1.82, 2.24) is 24.5 Å². The second-order valence-corrected chi connectivity index (χ2v) is 11.7. The molecule has 0 aromatic rings. The first-order valence-corrected chi connectivity index (χ1v) is 13.5. The maximum atomic E-state index is 2.61. The van der Waals surface area contributed by atoms with Gasteiger partial charge in [0.05, 0.1) is 0 Å². The Balaban J connectivity index is 0.000000459. The number of hydrogen-bond donors (Lipinski definition) is 0. The van der Waals surface area contributed by atoms with Gasteiger partial charge in [-0.2, -0.15) is 0 Å². The van der Waals surface area contributed by atoms with Gasteiger partial charge in [0.15, 0.2) is 0 Å². The summed E-state index contributed by atoms with van der Waals surface area (Å²) in [5, 5.41) is 0. The van der Waals surface area contributed by atoms with Crippen LogP contribution in [0.15, 0.2) is 0 Å². The fourth-order valence-corrected chi connectivity index (χ4v) is 5.45. The molecule has 0 aliphatic carbocycles. The fourth-order valence-electron chi connectivity index (χ4n) is 5.45. The van der Waals surface area contributed by atoms with Crippen LogP contribution in [0, 0.1) is 5.92 Å². The largest absolute Gasteiger partial charge is 0.304 e. The Hall–Kier alpha value is -0.200. The van der Waals surface area contributed by atoms with Crippen molar-refractivity contribution in [2.45, 2.75) is 113 Å². The van der Waals surface area contributed by atoms with Crippen molar-refractivity contribution in [3.63, 3.8) is 0 Å². The molecule has 2 unspecified atom stereocenters. The quantitative estimate of drug-likeness (QED) is 0.587. The van der Waals surface area contributed by atoms with Gasteiger partial charge >= 0.3 is 0 Å². The van der Waals surface area contributed by atoms with Crippen LogP contribution in [-0.2, 0) is 0 Å². The van der Waals surface area contributed by atoms with Crippen molar-refractivity contribution in [3.05, 3.63) is 0 Å². The molecule has 33 heavy (non-hydrogen) atoms. The molecule has 0 spiro atoms. The summed E-state index contributed by atoms with van der Waals surface area (Å²) in [5.41, 5.74) is 0. The third-order valence-electron chi connectivity index (χ3n) is 7.67. The highest BCUT2D eigenvalue weighted by atomic mass is 15.3. The van der Waals surface area contributed by atoms with Crippen LogP contribution in [0.5, 0.6) is 0 Å². The van der Waals surface area contributed by atoms with Crippen molar-refractivity contribution in [2.24, 2.45) is 5.92 Å². The summed E-state index contributed by atoms with van der Waals surface area (Å²) < 4.78 is 0. The lowest BCUT2D eigenvalue weighted by atomic mass is 9.92. The van der Waals surface area contributed by atoms with Gasteiger partial charge in [0, 0.05) is 76.0 Å². The van der Waals surface area contributed by atoms with Crippen molar-refractivity contribution >= 4 is 0 Å². The Kier molecular flexibility index (Phi) is 16.4. The van der Waals surface area contributed by atoms with E-state index >= 15 is 0 Å². The molecule has 0 bridgehead atoms. The average molecular weight is 470 g/mol. The Morgan fingerprint density at radius 3 is 1.48 bits per heavy atom. The highest BCUT2D eigenvalue weighted by Crippen LogP contribution is 2.23. The molecule has 3 saturated heterocycles. The maximum Gasteiger partial charge on any atom is 0.0198 e. The van der Waals surface area contributed by atoms with Gasteiger partial charge in [0.2, 0.25) is 0 Å². The first-order valence-electron chi connectivity index (χ1n) is 13.5. The molecule has 200 valence electrons. The zero-order valence-corrected chi connectivity index (χ0v) is 23.8. The summed E-state index contributed by atoms with van der Waals surface area (Å²) in [5.74, 6) is 0.944. The normalized spacial score (nSPS) is 28.7. The van der Waals surface area contributed by atoms with Crippen molar-refractivity contribution in [1.29, 1.82) is 0 Å². The van der Waals surface area contributed by atoms with E-state index in [1.807, 2.05) is 0 Å². The van der Waals surface area contributed by atoms with Crippen LogP contribution in [0.3, 0.4) is 0 Å². The second kappa shape index (κ2) is 16.5. The van der Waals surface area contributed by atoms with E-state index in [-0.39, 0.29) is 7.43 Å². The summed E-state index contributed by atoms with van der Waals surface area (Å²) in [6.07, 6.45) is 2.78. The molecule has 5 nitrogen and oxygen atoms in total. The van der Waals surface area contributed by atoms with Crippen molar-refractivity contribution in [2.75, 3.05) is 66.5 Å². The molecule has 3 heterocycles. The van der Waals surface area contributed by atoms with Crippen LogP contribution in [0.25, 0.3) is 0 Å². The zero-order valence-electron chi connectivity index (χ0n) is 23.8. The molecular formula is C28H63N5. The van der Waals surface area contributed by atoms with Crippen LogP contribution in [0.2, 0.25) is 0 Å². The minimum Gasteiger partial charge on any atom is -0.304 e. The van der Waals surface area contributed by atoms with Crippen LogP contribution in [-0.4, -0.2) is 121 Å². The molecule has 0 radical (unpaired) electrons. The van der Waals surface area contributed by atoms with Gasteiger partial charge in [-0.15, -0.1) is 0 Å². The molecular weight excluding hydrogens is 406 g/mol. The summed E-state index contributed by atoms with van der Waals surface area (Å²) in [6, 6.07) is 3.71. The van der Waals surface area contributed by atoms with E-state index in [0.29, 0.717) is 6.04 Å². The molecule has 5 heteroatoms. The number of nitrogens with zero attached hydrogens (tertiary/aromatic N) is 5. The van der Waals surface area contributed by atoms with Crippen molar-refractivity contribution < 1.29 is 0 Å². The predicted octanol–water partition coefficient (Wildman–Crippen LogP) is 4.82. The number of rotatable bonds is 3. The summed E-state index contributed by atoms with van der Waals surface area (Å²) in [6.45, 7) is 30.7. The molecule has 3 rings (SSSR count). The van der Waals surface area contributed by atoms with E-state index in [0.717, 1.165) is 30.1 Å². The number of piperazine rings is 2. The second-order valence-electron chi connectivity index (χ2n) is 11.7. The molecule has 0 N–H and O–H groups in total. The van der Waals surface area contributed by atoms with Crippen LogP contribution < -0.4 is 0 Å². The van der Waals surface area contributed by atoms with E-state index < -0.39 is 0 Å². The number of likely N-dealkylation sites (tertiary alicyclic amines) is 1. The zero-order chi connectivity index (χ0) is 24.4. The van der Waals surface area contributed by atoms with E-state index in [4.69, 9.17) is 0 Å². The molecule has 0 aromatic carbocycles. The van der Waals surface area contributed by atoms with Crippen LogP contribution >= 0.6 is 0 Å². The summed E-state index contributed by atoms with van der Waals surface area (Å²) >= 11 is 0. The molecule has 3 fully saturated rings. The van der Waals surface area contributed by atoms with E-state index in [1.165, 1.54) is 65.2 Å². The topological polar surface area (TPSA) is 16.2 Å². The molecule has 3 aliphatic rings. The fraction of sp³-hybridized carbons (Fsp3) is 1.00. The van der Waals surface area contributed by atoms with Crippen LogP contribution in [0.4, 0.5) is 0 Å². The number of likely N-dealkylation sites (N-methyl/N-ethyl adjacent to an activating group) is 2. The Bertz CT molecular complexity index is 443. The Labute approximate surface area is 209 Å². The number of hydrogen-bond acceptors (Lipinski definition) is 5. The van der Waals surface area contributed by atoms with Gasteiger partial charge in [-0.25, -0.2) is 0 Å². The first kappa shape index (κ1) is 32.8. The standard InChI is InChI=1S/C10H21N.C9H20N2.C8H18N2.CH4/c1-8(2)11-6-5-9(3)7-10(11)4;1-8(2)11-6-5-10(4)7-9(11)3;1-8(2)10-6-4-9(3)5-7-10;/h8-10H,5-7H2,1-4H3;8-9H,5-7H2,1-4H3;8H,4-7H2,1-3H3;1H4/t9?,10-;;;/m1.../s1. The lowest BCUT2D eigenvalue weighted by Crippen LogP contribution is -2.52. The van der Waals surface area contributed by atoms with E-state index in [9.17, 15) is 0 Å². The summed E-state index contributed by atoms with van der Waals surface area (Å²) in [4.78, 5) is 12.5. The first-order chi connectivity index (χ1) is 14.9. The lowest BCUT2D eigenvalue weighted by Gasteiger charge is -2.40. The van der Waals surface area contributed by atoms with Gasteiger partial charge in [-0.1, -0.05) is 14.4 Å². The molecule has 3 aliphatic heterocycles. The predicted molar refractivity (Wildman–Crippen MR) is 149 cm³/mol. The third kappa shape index (κ3) is 12.4. The minimum absolute atomic E-state index is 0. The average Bonchev–Trinajstić information content (AvgIpc) is 2.68. The minimum atomic E-state index is 0. The van der Waals surface area contributed by atoms with Crippen molar-refractivity contribution in [3.8, 4) is 0 Å². The Morgan fingerprint density at radius 1 is 0.576 bits per heavy atom. The molecule has 0 saturated carbocycles.